The van der Waals surface area contributed by atoms with Crippen molar-refractivity contribution in [2.75, 3.05) is 0 Å². The fourth-order valence-electron chi connectivity index (χ4n) is 17.7. The second-order valence-electron chi connectivity index (χ2n) is 39.3. The first kappa shape index (κ1) is 93.4. The molecule has 0 amide bonds. The lowest BCUT2D eigenvalue weighted by atomic mass is 9.79. The Morgan fingerprint density at radius 3 is 0.504 bits per heavy atom. The van der Waals surface area contributed by atoms with Gasteiger partial charge in [0.2, 0.25) is 0 Å². The number of rotatable bonds is 19. The molecule has 16 aromatic carbocycles. The van der Waals surface area contributed by atoms with E-state index in [2.05, 4.69) is 477 Å². The van der Waals surface area contributed by atoms with Crippen LogP contribution in [-0.2, 0) is 27.9 Å². The van der Waals surface area contributed by atoms with Gasteiger partial charge < -0.3 is 27.9 Å². The van der Waals surface area contributed by atoms with Crippen molar-refractivity contribution in [3.8, 4) is 180 Å². The standard InChI is InChI=1S/C52H43BN2O2.C40H35BN2O2.C34H31BN2O2/c1-51(2)52(3,4)57-53(56-51)47-27-25-40(26-28-47)50-54-48(45-31-41(36-17-9-5-10-18-36)29-42(32-45)37-19-11-6-12-20-37)35-49(55-50)46-33-43(38-21-13-7-14-22-38)30-44(34-46)39-23-15-8-16-24-39;1-39(2)40(3,4)45-41(44-39)35-23-21-30(22-24-35)38-42-36(33-19-11-17-31(25-33)28-13-7-5-8-14-28)27-37(43-38)34-20-12-18-32(26-34)29-15-9-6-10-16-29;1-33(2)34(3,4)39-35(38-33)29-20-18-26(19-21-29)32-36-30(25-14-9-6-10-15-25)23-31(37-32)28-17-11-16-27(22-28)24-12-7-5-8-13-24/h5-35H,1-4H3;5-27H,1-4H3;5-23H,1-4H3. The fraction of sp³-hybridized carbons (Fsp3) is 0.143. The molecule has 6 heterocycles. The molecule has 0 spiro atoms. The molecular formula is C126H109B3N6O6. The maximum absolute atomic E-state index is 6.39. The Bertz CT molecular complexity index is 7230. The topological polar surface area (TPSA) is 133 Å². The molecule has 688 valence electrons. The van der Waals surface area contributed by atoms with E-state index < -0.39 is 43.8 Å². The average Bonchev–Trinajstić information content (AvgIpc) is 1.45. The highest BCUT2D eigenvalue weighted by Crippen LogP contribution is 2.44. The quantitative estimate of drug-likeness (QED) is 0.0714. The molecule has 3 aliphatic heterocycles. The van der Waals surface area contributed by atoms with Gasteiger partial charge in [0, 0.05) is 50.1 Å². The zero-order valence-corrected chi connectivity index (χ0v) is 81.5. The molecule has 0 N–H and O–H groups in total. The first-order valence-corrected chi connectivity index (χ1v) is 48.3. The van der Waals surface area contributed by atoms with Gasteiger partial charge in [0.05, 0.1) is 67.8 Å². The van der Waals surface area contributed by atoms with Crippen LogP contribution in [0.1, 0.15) is 83.1 Å². The van der Waals surface area contributed by atoms with Gasteiger partial charge in [0.15, 0.2) is 17.5 Å². The third-order valence-electron chi connectivity index (χ3n) is 28.0. The van der Waals surface area contributed by atoms with Crippen LogP contribution in [0.15, 0.2) is 443 Å². The van der Waals surface area contributed by atoms with Gasteiger partial charge >= 0.3 is 21.4 Å². The summed E-state index contributed by atoms with van der Waals surface area (Å²) in [5.74, 6) is 1.98. The zero-order chi connectivity index (χ0) is 97.0. The Kier molecular flexibility index (Phi) is 26.2. The maximum atomic E-state index is 6.39. The Labute approximate surface area is 829 Å². The monoisotopic (exact) mass is 1830 g/mol. The molecule has 141 heavy (non-hydrogen) atoms. The van der Waals surface area contributed by atoms with Crippen molar-refractivity contribution in [3.63, 3.8) is 0 Å². The molecule has 0 bridgehead atoms. The van der Waals surface area contributed by atoms with Gasteiger partial charge in [-0.25, -0.2) is 29.9 Å². The van der Waals surface area contributed by atoms with E-state index in [4.69, 9.17) is 57.8 Å². The van der Waals surface area contributed by atoms with Gasteiger partial charge in [-0.1, -0.05) is 370 Å². The van der Waals surface area contributed by atoms with Crippen molar-refractivity contribution < 1.29 is 27.9 Å². The summed E-state index contributed by atoms with van der Waals surface area (Å²) in [6, 6.07) is 154. The molecule has 12 nitrogen and oxygen atoms in total. The van der Waals surface area contributed by atoms with Gasteiger partial charge in [-0.2, -0.15) is 0 Å². The third-order valence-corrected chi connectivity index (χ3v) is 28.0. The molecule has 3 aliphatic rings. The predicted molar refractivity (Wildman–Crippen MR) is 580 cm³/mol. The summed E-state index contributed by atoms with van der Waals surface area (Å²) in [6.07, 6.45) is 0. The molecule has 3 aromatic heterocycles. The van der Waals surface area contributed by atoms with Crippen LogP contribution in [0.5, 0.6) is 0 Å². The SMILES string of the molecule is CC1(C)OB(c2ccc(-c3nc(-c4cc(-c5ccccc5)cc(-c5ccccc5)c4)cc(-c4cc(-c5ccccc5)cc(-c5ccccc5)c4)n3)cc2)OC1(C)C.CC1(C)OB(c2ccc(-c3nc(-c4cccc(-c5ccccc5)c4)cc(-c4cccc(-c5ccccc5)c4)n3)cc2)OC1(C)C.CC1(C)OB(c2ccc(-c3nc(-c4ccccc4)cc(-c4cccc(-c5ccccc5)c4)n3)cc2)OC1(C)C. The highest BCUT2D eigenvalue weighted by molar-refractivity contribution is 6.63. The summed E-state index contributed by atoms with van der Waals surface area (Å²) in [5.41, 5.74) is 30.7. The predicted octanol–water partition coefficient (Wildman–Crippen LogP) is 29.0. The molecule has 0 atom stereocenters. The van der Waals surface area contributed by atoms with Gasteiger partial charge in [-0.15, -0.1) is 0 Å². The van der Waals surface area contributed by atoms with Crippen LogP contribution < -0.4 is 16.4 Å². The fourth-order valence-corrected chi connectivity index (χ4v) is 17.7. The van der Waals surface area contributed by atoms with E-state index in [1.807, 2.05) is 48.5 Å². The third kappa shape index (κ3) is 20.6. The van der Waals surface area contributed by atoms with Crippen molar-refractivity contribution in [3.05, 3.63) is 443 Å². The lowest BCUT2D eigenvalue weighted by Gasteiger charge is -2.32. The smallest absolute Gasteiger partial charge is 0.399 e. The minimum atomic E-state index is -0.457. The van der Waals surface area contributed by atoms with E-state index >= 15 is 0 Å². The molecular weight excluding hydrogens is 1730 g/mol. The van der Waals surface area contributed by atoms with Crippen molar-refractivity contribution in [1.82, 2.24) is 29.9 Å². The van der Waals surface area contributed by atoms with Crippen LogP contribution in [0, 0.1) is 0 Å². The van der Waals surface area contributed by atoms with E-state index in [-0.39, 0.29) is 11.2 Å². The average molecular weight is 1840 g/mol. The van der Waals surface area contributed by atoms with Crippen LogP contribution >= 0.6 is 0 Å². The van der Waals surface area contributed by atoms with Crippen molar-refractivity contribution in [1.29, 1.82) is 0 Å². The van der Waals surface area contributed by atoms with Crippen LogP contribution in [0.25, 0.3) is 180 Å². The minimum absolute atomic E-state index is 0.382. The summed E-state index contributed by atoms with van der Waals surface area (Å²) >= 11 is 0. The molecule has 19 aromatic rings. The molecule has 0 saturated carbocycles. The van der Waals surface area contributed by atoms with Crippen LogP contribution in [-0.4, -0.2) is 84.9 Å². The first-order chi connectivity index (χ1) is 68.2. The Balaban J connectivity index is 0.000000132. The maximum Gasteiger partial charge on any atom is 0.494 e. The molecule has 3 fully saturated rings. The Hall–Kier alpha value is -15.3. The number of nitrogens with zero attached hydrogens (tertiary/aromatic N) is 6. The second kappa shape index (κ2) is 39.5. The minimum Gasteiger partial charge on any atom is -0.399 e. The summed E-state index contributed by atoms with van der Waals surface area (Å²) < 4.78 is 37.8. The molecule has 0 aliphatic carbocycles. The molecule has 22 rings (SSSR count). The summed E-state index contributed by atoms with van der Waals surface area (Å²) in [5, 5.41) is 0. The van der Waals surface area contributed by atoms with E-state index in [0.717, 1.165) is 162 Å². The van der Waals surface area contributed by atoms with Crippen molar-refractivity contribution in [2.24, 2.45) is 0 Å². The number of hydrogen-bond acceptors (Lipinski definition) is 12. The van der Waals surface area contributed by atoms with E-state index in [0.29, 0.717) is 17.5 Å². The second-order valence-corrected chi connectivity index (χ2v) is 39.3. The molecule has 3 saturated heterocycles. The van der Waals surface area contributed by atoms with Crippen LogP contribution in [0.3, 0.4) is 0 Å². The first-order valence-electron chi connectivity index (χ1n) is 48.3. The van der Waals surface area contributed by atoms with Gasteiger partial charge in [0.1, 0.15) is 0 Å². The van der Waals surface area contributed by atoms with Gasteiger partial charge in [-0.05, 0) is 250 Å². The van der Waals surface area contributed by atoms with Crippen LogP contribution in [0.2, 0.25) is 0 Å². The Morgan fingerprint density at radius 1 is 0.135 bits per heavy atom. The van der Waals surface area contributed by atoms with E-state index in [9.17, 15) is 0 Å². The lowest BCUT2D eigenvalue weighted by molar-refractivity contribution is 0.00578. The molecule has 0 radical (unpaired) electrons. The lowest BCUT2D eigenvalue weighted by Crippen LogP contribution is -2.41. The summed E-state index contributed by atoms with van der Waals surface area (Å²) in [6.45, 7) is 24.9. The molecule has 15 heteroatoms. The number of hydrogen-bond donors (Lipinski definition) is 0. The normalized spacial score (nSPS) is 15.1. The van der Waals surface area contributed by atoms with E-state index in [1.54, 1.807) is 0 Å². The molecule has 0 unspecified atom stereocenters. The zero-order valence-electron chi connectivity index (χ0n) is 81.5. The number of aromatic nitrogens is 6. The summed E-state index contributed by atoms with van der Waals surface area (Å²) in [4.78, 5) is 30.9. The van der Waals surface area contributed by atoms with Crippen LogP contribution in [0.4, 0.5) is 0 Å². The van der Waals surface area contributed by atoms with Gasteiger partial charge in [0.25, 0.3) is 0 Å². The highest BCUT2D eigenvalue weighted by atomic mass is 16.7. The summed E-state index contributed by atoms with van der Waals surface area (Å²) in [7, 11) is -1.29. The number of benzene rings is 16. The highest BCUT2D eigenvalue weighted by Gasteiger charge is 2.54. The van der Waals surface area contributed by atoms with Crippen molar-refractivity contribution >= 4 is 37.7 Å². The van der Waals surface area contributed by atoms with Crippen molar-refractivity contribution in [2.45, 2.75) is 117 Å². The van der Waals surface area contributed by atoms with Gasteiger partial charge in [-0.3, -0.25) is 0 Å². The Morgan fingerprint density at radius 2 is 0.291 bits per heavy atom. The largest absolute Gasteiger partial charge is 0.494 e. The van der Waals surface area contributed by atoms with E-state index in [1.165, 1.54) is 16.7 Å².